The molecule has 2 aliphatic heterocycles. The lowest BCUT2D eigenvalue weighted by atomic mass is 10.1. The Kier molecular flexibility index (Phi) is 18.7. The number of carbonyl (C=O) groups excluding carboxylic acids is 4. The number of benzene rings is 2. The molecule has 2 aromatic carbocycles. The number of anilines is 1. The first kappa shape index (κ1) is 52.6. The molecule has 0 radical (unpaired) electrons. The van der Waals surface area contributed by atoms with E-state index in [9.17, 15) is 28.8 Å². The van der Waals surface area contributed by atoms with Crippen LogP contribution in [-0.2, 0) is 35.7 Å². The Bertz CT molecular complexity index is 3170. The van der Waals surface area contributed by atoms with Crippen molar-refractivity contribution in [3.63, 3.8) is 0 Å². The molecule has 372 valence electrons. The number of rotatable bonds is 13. The first-order chi connectivity index (χ1) is 34.4. The average Bonchev–Trinajstić information content (AvgIpc) is 3.90. The minimum Gasteiger partial charge on any atom is -0.497 e. The molecule has 8 rings (SSSR count). The molecule has 6 aromatic rings. The summed E-state index contributed by atoms with van der Waals surface area (Å²) < 4.78 is 25.7. The fourth-order valence-electron chi connectivity index (χ4n) is 7.80. The zero-order valence-corrected chi connectivity index (χ0v) is 41.1. The highest BCUT2D eigenvalue weighted by Crippen LogP contribution is 2.32. The molecule has 0 bridgehead atoms. The number of halogens is 1. The number of piperazine rings is 2. The van der Waals surface area contributed by atoms with Gasteiger partial charge in [-0.2, -0.15) is 0 Å². The van der Waals surface area contributed by atoms with Crippen LogP contribution in [0.3, 0.4) is 0 Å². The van der Waals surface area contributed by atoms with Crippen LogP contribution in [0.25, 0.3) is 22.1 Å². The van der Waals surface area contributed by atoms with E-state index in [-0.39, 0.29) is 76.1 Å². The van der Waals surface area contributed by atoms with E-state index in [2.05, 4.69) is 49.6 Å². The molecule has 2 saturated heterocycles. The number of hydrogen-bond acceptors (Lipinski definition) is 16. The van der Waals surface area contributed by atoms with Gasteiger partial charge in [0, 0.05) is 63.5 Å². The lowest BCUT2D eigenvalue weighted by Gasteiger charge is -2.30. The van der Waals surface area contributed by atoms with E-state index in [0.717, 1.165) is 43.8 Å². The minimum absolute atomic E-state index is 0.000993. The fraction of sp³-hybridized carbons (Fsp3) is 0.360. The molecule has 0 amide bonds. The monoisotopic (exact) mass is 990 g/mol. The van der Waals surface area contributed by atoms with Gasteiger partial charge in [-0.3, -0.25) is 28.3 Å². The summed E-state index contributed by atoms with van der Waals surface area (Å²) in [5.41, 5.74) is 0.676. The Morgan fingerprint density at radius 1 is 0.634 bits per heavy atom. The summed E-state index contributed by atoms with van der Waals surface area (Å²) in [6.45, 7) is 10.5. The van der Waals surface area contributed by atoms with Crippen LogP contribution in [0.2, 0.25) is 5.15 Å². The average molecular weight is 992 g/mol. The van der Waals surface area contributed by atoms with E-state index in [4.69, 9.17) is 30.5 Å². The number of ether oxygens (including phenoxy) is 4. The second-order valence-corrected chi connectivity index (χ2v) is 16.0. The molecule has 20 nitrogen and oxygen atoms in total. The molecule has 4 aromatic heterocycles. The molecule has 21 heteroatoms. The molecular weight excluding hydrogens is 936 g/mol. The Hall–Kier alpha value is -7.75. The third-order valence-corrected chi connectivity index (χ3v) is 11.7. The lowest BCUT2D eigenvalue weighted by Crippen LogP contribution is -2.45. The molecule has 0 unspecified atom stereocenters. The number of esters is 2. The number of methoxy groups -OCH3 is 4. The van der Waals surface area contributed by atoms with Gasteiger partial charge in [-0.25, -0.2) is 19.6 Å². The molecule has 0 atom stereocenters. The number of aromatic nitrogens is 6. The number of nitrogens with zero attached hydrogens (tertiary/aromatic N) is 7. The van der Waals surface area contributed by atoms with Crippen LogP contribution in [0.1, 0.15) is 55.3 Å². The highest BCUT2D eigenvalue weighted by atomic mass is 35.5. The SMILES string of the molecule is C1CNCCN1.CC#CCn1c(Cl)c(C(=O)OC)c2ncn(CC(=O)c3cccc(OC)c3)c(=O)c21.CC#CCn1c(N2CCNCC2)c(C(=O)OC)c2ncn(CC(=O)c3cccc(OC)c3)c(=O)c21. The van der Waals surface area contributed by atoms with E-state index >= 15 is 0 Å². The van der Waals surface area contributed by atoms with Crippen LogP contribution >= 0.6 is 11.6 Å². The number of carbonyl (C=O) groups is 4. The van der Waals surface area contributed by atoms with Gasteiger partial charge in [-0.1, -0.05) is 47.7 Å². The molecule has 2 aliphatic rings. The number of ketones is 2. The van der Waals surface area contributed by atoms with E-state index in [1.165, 1.54) is 50.2 Å². The summed E-state index contributed by atoms with van der Waals surface area (Å²) in [5.74, 6) is 11.1. The summed E-state index contributed by atoms with van der Waals surface area (Å²) in [6.07, 6.45) is 2.51. The van der Waals surface area contributed by atoms with Crippen LogP contribution in [0.15, 0.2) is 70.8 Å². The van der Waals surface area contributed by atoms with Gasteiger partial charge < -0.3 is 48.9 Å². The maximum absolute atomic E-state index is 13.7. The Morgan fingerprint density at radius 2 is 1.07 bits per heavy atom. The number of Topliss-reactive ketones (excluding diaryl/α,β-unsaturated/α-hetero) is 2. The van der Waals surface area contributed by atoms with E-state index in [1.54, 1.807) is 66.9 Å². The quantitative estimate of drug-likeness (QED) is 0.0860. The van der Waals surface area contributed by atoms with Crippen molar-refractivity contribution in [2.24, 2.45) is 0 Å². The Morgan fingerprint density at radius 3 is 1.52 bits per heavy atom. The summed E-state index contributed by atoms with van der Waals surface area (Å²) in [6, 6.07) is 13.4. The first-order valence-electron chi connectivity index (χ1n) is 22.5. The van der Waals surface area contributed by atoms with Crippen molar-refractivity contribution in [2.45, 2.75) is 40.0 Å². The van der Waals surface area contributed by atoms with Crippen molar-refractivity contribution in [3.05, 3.63) is 109 Å². The maximum Gasteiger partial charge on any atom is 0.343 e. The molecular formula is C50H55ClN10O10. The van der Waals surface area contributed by atoms with Crippen LogP contribution in [0.5, 0.6) is 11.5 Å². The van der Waals surface area contributed by atoms with E-state index < -0.39 is 23.1 Å². The molecule has 0 spiro atoms. The van der Waals surface area contributed by atoms with Crippen molar-refractivity contribution in [1.29, 1.82) is 0 Å². The van der Waals surface area contributed by atoms with Gasteiger partial charge in [0.1, 0.15) is 55.7 Å². The Balaban J connectivity index is 0.000000209. The van der Waals surface area contributed by atoms with Gasteiger partial charge in [0.2, 0.25) is 0 Å². The summed E-state index contributed by atoms with van der Waals surface area (Å²) in [7, 11) is 5.53. The highest BCUT2D eigenvalue weighted by Gasteiger charge is 2.31. The van der Waals surface area contributed by atoms with Crippen molar-refractivity contribution < 1.29 is 38.1 Å². The molecule has 0 aliphatic carbocycles. The van der Waals surface area contributed by atoms with Crippen LogP contribution < -0.4 is 41.4 Å². The van der Waals surface area contributed by atoms with Crippen molar-refractivity contribution in [1.82, 2.24) is 44.2 Å². The third kappa shape index (κ3) is 12.2. The van der Waals surface area contributed by atoms with Crippen molar-refractivity contribution >= 4 is 63.0 Å². The second kappa shape index (κ2) is 25.2. The fourth-order valence-corrected chi connectivity index (χ4v) is 8.11. The van der Waals surface area contributed by atoms with Crippen LogP contribution in [-0.4, -0.2) is 133 Å². The number of nitrogens with one attached hydrogen (secondary N) is 3. The third-order valence-electron chi connectivity index (χ3n) is 11.4. The van der Waals surface area contributed by atoms with Crippen LogP contribution in [0, 0.1) is 23.7 Å². The standard InChI is InChI=1S/C25H27N5O5.C21H18ClN3O5.C4H10N2/c1-4-5-11-30-22-21(20(25(33)35-3)23(30)28-12-9-26-10-13-28)27-16-29(24(22)32)15-19(31)17-7-6-8-18(14-17)34-2;1-4-5-9-25-18-17(16(19(25)22)21(28)30-3)23-12-24(20(18)27)11-15(26)13-7-6-8-14(10-13)29-2;1-2-6-4-3-5-1/h6-8,14,16,26H,9-13,15H2,1-3H3;6-8,10,12H,9,11H2,1-3H3;5-6H,1-4H2. The number of hydrogen-bond donors (Lipinski definition) is 3. The predicted octanol–water partition coefficient (Wildman–Crippen LogP) is 3.04. The normalized spacial score (nSPS) is 13.0. The topological polar surface area (TPSA) is 224 Å². The largest absolute Gasteiger partial charge is 0.497 e. The second-order valence-electron chi connectivity index (χ2n) is 15.7. The number of fused-ring (bicyclic) bond motifs is 2. The minimum atomic E-state index is -0.717. The Labute approximate surface area is 414 Å². The van der Waals surface area contributed by atoms with Gasteiger partial charge in [-0.15, -0.1) is 11.8 Å². The van der Waals surface area contributed by atoms with Crippen molar-refractivity contribution in [3.8, 4) is 35.2 Å². The molecule has 6 heterocycles. The van der Waals surface area contributed by atoms with Crippen LogP contribution in [0.4, 0.5) is 5.82 Å². The molecule has 2 fully saturated rings. The lowest BCUT2D eigenvalue weighted by molar-refractivity contribution is 0.0594. The first-order valence-corrected chi connectivity index (χ1v) is 22.9. The van der Waals surface area contributed by atoms with Gasteiger partial charge in [0.25, 0.3) is 11.1 Å². The predicted molar refractivity (Wildman–Crippen MR) is 268 cm³/mol. The molecule has 0 saturated carbocycles. The van der Waals surface area contributed by atoms with E-state index in [1.807, 2.05) is 4.90 Å². The molecule has 3 N–H and O–H groups in total. The van der Waals surface area contributed by atoms with Gasteiger partial charge in [0.15, 0.2) is 11.6 Å². The van der Waals surface area contributed by atoms with Crippen molar-refractivity contribution in [2.75, 3.05) is 85.7 Å². The highest BCUT2D eigenvalue weighted by molar-refractivity contribution is 6.35. The van der Waals surface area contributed by atoms with Gasteiger partial charge in [0.05, 0.1) is 67.3 Å². The summed E-state index contributed by atoms with van der Waals surface area (Å²) in [4.78, 5) is 88.2. The molecule has 71 heavy (non-hydrogen) atoms. The maximum atomic E-state index is 13.7. The zero-order valence-electron chi connectivity index (χ0n) is 40.3. The smallest absolute Gasteiger partial charge is 0.343 e. The summed E-state index contributed by atoms with van der Waals surface area (Å²) in [5, 5.41) is 9.73. The van der Waals surface area contributed by atoms with Gasteiger partial charge >= 0.3 is 11.9 Å². The summed E-state index contributed by atoms with van der Waals surface area (Å²) >= 11 is 6.35. The zero-order chi connectivity index (χ0) is 51.0. The van der Waals surface area contributed by atoms with E-state index in [0.29, 0.717) is 41.5 Å². The van der Waals surface area contributed by atoms with Gasteiger partial charge in [-0.05, 0) is 38.1 Å².